The molecule has 0 aliphatic heterocycles. The quantitative estimate of drug-likeness (QED) is 0.737. The predicted octanol–water partition coefficient (Wildman–Crippen LogP) is 3.83. The van der Waals surface area contributed by atoms with E-state index in [1.165, 1.54) is 0 Å². The zero-order chi connectivity index (χ0) is 13.9. The van der Waals surface area contributed by atoms with Gasteiger partial charge in [0, 0.05) is 18.1 Å². The van der Waals surface area contributed by atoms with Gasteiger partial charge in [-0.25, -0.2) is 9.97 Å². The lowest BCUT2D eigenvalue weighted by Gasteiger charge is -2.19. The molecule has 0 aliphatic rings. The normalized spacial score (nSPS) is 10.0. The van der Waals surface area contributed by atoms with Gasteiger partial charge in [0.15, 0.2) is 0 Å². The Morgan fingerprint density at radius 3 is 2.38 bits per heavy atom. The van der Waals surface area contributed by atoms with Crippen molar-refractivity contribution in [3.63, 3.8) is 0 Å². The van der Waals surface area contributed by atoms with Gasteiger partial charge in [0.25, 0.3) is 0 Å². The molecule has 0 saturated carbocycles. The van der Waals surface area contributed by atoms with Crippen molar-refractivity contribution in [1.82, 2.24) is 9.97 Å². The van der Waals surface area contributed by atoms with Crippen molar-refractivity contribution in [2.75, 3.05) is 19.1 Å². The average molecular weight is 302 g/mol. The lowest BCUT2D eigenvalue weighted by atomic mass is 10.2. The SMILES string of the molecule is COc1ccc(N(C)c2ncnc3ccccc23)cc1.Cl. The fourth-order valence-electron chi connectivity index (χ4n) is 2.19. The van der Waals surface area contributed by atoms with Crippen LogP contribution in [0, 0.1) is 0 Å². The molecule has 1 heterocycles. The number of benzene rings is 2. The fraction of sp³-hybridized carbons (Fsp3) is 0.125. The van der Waals surface area contributed by atoms with Gasteiger partial charge in [-0.15, -0.1) is 12.4 Å². The number of hydrogen-bond acceptors (Lipinski definition) is 4. The lowest BCUT2D eigenvalue weighted by molar-refractivity contribution is 0.415. The van der Waals surface area contributed by atoms with Crippen LogP contribution in [0.4, 0.5) is 11.5 Å². The zero-order valence-electron chi connectivity index (χ0n) is 11.9. The number of aromatic nitrogens is 2. The summed E-state index contributed by atoms with van der Waals surface area (Å²) >= 11 is 0. The molecule has 3 aromatic rings. The van der Waals surface area contributed by atoms with Crippen molar-refractivity contribution in [2.45, 2.75) is 0 Å². The molecule has 5 heteroatoms. The van der Waals surface area contributed by atoms with Crippen LogP contribution in [-0.4, -0.2) is 24.1 Å². The maximum Gasteiger partial charge on any atom is 0.144 e. The van der Waals surface area contributed by atoms with Gasteiger partial charge in [-0.2, -0.15) is 0 Å². The van der Waals surface area contributed by atoms with Gasteiger partial charge in [0.2, 0.25) is 0 Å². The Morgan fingerprint density at radius 1 is 0.952 bits per heavy atom. The Kier molecular flexibility index (Phi) is 4.60. The topological polar surface area (TPSA) is 38.2 Å². The molecule has 0 saturated heterocycles. The summed E-state index contributed by atoms with van der Waals surface area (Å²) in [6.45, 7) is 0. The monoisotopic (exact) mass is 301 g/mol. The molecule has 2 aromatic carbocycles. The van der Waals surface area contributed by atoms with Crippen LogP contribution in [0.1, 0.15) is 0 Å². The predicted molar refractivity (Wildman–Crippen MR) is 87.8 cm³/mol. The molecular formula is C16H16ClN3O. The van der Waals surface area contributed by atoms with Crippen molar-refractivity contribution in [2.24, 2.45) is 0 Å². The molecule has 0 radical (unpaired) electrons. The first kappa shape index (κ1) is 15.1. The van der Waals surface area contributed by atoms with Crippen molar-refractivity contribution in [3.8, 4) is 5.75 Å². The number of para-hydroxylation sites is 1. The van der Waals surface area contributed by atoms with Crippen LogP contribution < -0.4 is 9.64 Å². The van der Waals surface area contributed by atoms with Crippen LogP contribution in [0.2, 0.25) is 0 Å². The highest BCUT2D eigenvalue weighted by Gasteiger charge is 2.09. The van der Waals surface area contributed by atoms with Crippen LogP contribution in [0.5, 0.6) is 5.75 Å². The molecule has 1 aromatic heterocycles. The molecule has 0 amide bonds. The summed E-state index contributed by atoms with van der Waals surface area (Å²) in [6, 6.07) is 15.9. The highest BCUT2D eigenvalue weighted by atomic mass is 35.5. The maximum absolute atomic E-state index is 5.18. The molecule has 0 atom stereocenters. The van der Waals surface area contributed by atoms with Crippen LogP contribution in [-0.2, 0) is 0 Å². The van der Waals surface area contributed by atoms with E-state index < -0.39 is 0 Å². The second-order valence-electron chi connectivity index (χ2n) is 4.47. The third kappa shape index (κ3) is 2.90. The lowest BCUT2D eigenvalue weighted by Crippen LogP contribution is -2.11. The number of fused-ring (bicyclic) bond motifs is 1. The van der Waals surface area contributed by atoms with Crippen molar-refractivity contribution in [3.05, 3.63) is 54.9 Å². The van der Waals surface area contributed by atoms with Gasteiger partial charge in [-0.1, -0.05) is 12.1 Å². The molecular weight excluding hydrogens is 286 g/mol. The number of rotatable bonds is 3. The molecule has 0 bridgehead atoms. The zero-order valence-corrected chi connectivity index (χ0v) is 12.7. The average Bonchev–Trinajstić information content (AvgIpc) is 2.54. The molecule has 0 spiro atoms. The van der Waals surface area contributed by atoms with E-state index in [1.807, 2.05) is 60.5 Å². The Bertz CT molecular complexity index is 726. The molecule has 4 nitrogen and oxygen atoms in total. The van der Waals surface area contributed by atoms with E-state index in [0.29, 0.717) is 0 Å². The second-order valence-corrected chi connectivity index (χ2v) is 4.47. The minimum Gasteiger partial charge on any atom is -0.497 e. The molecule has 0 fully saturated rings. The molecule has 0 unspecified atom stereocenters. The van der Waals surface area contributed by atoms with Crippen molar-refractivity contribution >= 4 is 34.8 Å². The molecule has 0 N–H and O–H groups in total. The Hall–Kier alpha value is -2.33. The first-order chi connectivity index (χ1) is 9.79. The van der Waals surface area contributed by atoms with Gasteiger partial charge in [-0.3, -0.25) is 0 Å². The molecule has 108 valence electrons. The van der Waals surface area contributed by atoms with Gasteiger partial charge in [0.1, 0.15) is 17.9 Å². The molecule has 3 rings (SSSR count). The van der Waals surface area contributed by atoms with E-state index in [0.717, 1.165) is 28.2 Å². The Labute approximate surface area is 129 Å². The van der Waals surface area contributed by atoms with Gasteiger partial charge < -0.3 is 9.64 Å². The van der Waals surface area contributed by atoms with E-state index in [4.69, 9.17) is 4.74 Å². The van der Waals surface area contributed by atoms with Gasteiger partial charge >= 0.3 is 0 Å². The number of halogens is 1. The van der Waals surface area contributed by atoms with Crippen molar-refractivity contribution in [1.29, 1.82) is 0 Å². The van der Waals surface area contributed by atoms with E-state index in [1.54, 1.807) is 13.4 Å². The van der Waals surface area contributed by atoms with Crippen LogP contribution >= 0.6 is 12.4 Å². The maximum atomic E-state index is 5.18. The standard InChI is InChI=1S/C16H15N3O.ClH/c1-19(12-7-9-13(20-2)10-8-12)16-14-5-3-4-6-15(14)17-11-18-16;/h3-11H,1-2H3;1H. The summed E-state index contributed by atoms with van der Waals surface area (Å²) in [7, 11) is 3.66. The number of nitrogens with zero attached hydrogens (tertiary/aromatic N) is 3. The van der Waals surface area contributed by atoms with Crippen LogP contribution in [0.3, 0.4) is 0 Å². The number of ether oxygens (including phenoxy) is 1. The second kappa shape index (κ2) is 6.41. The smallest absolute Gasteiger partial charge is 0.144 e. The summed E-state index contributed by atoms with van der Waals surface area (Å²) in [5, 5.41) is 1.04. The van der Waals surface area contributed by atoms with Crippen LogP contribution in [0.15, 0.2) is 54.9 Å². The van der Waals surface area contributed by atoms with Gasteiger partial charge in [-0.05, 0) is 36.4 Å². The van der Waals surface area contributed by atoms with Crippen molar-refractivity contribution < 1.29 is 4.74 Å². The largest absolute Gasteiger partial charge is 0.497 e. The first-order valence-electron chi connectivity index (χ1n) is 6.37. The van der Waals surface area contributed by atoms with E-state index in [9.17, 15) is 0 Å². The third-order valence-corrected chi connectivity index (χ3v) is 3.30. The van der Waals surface area contributed by atoms with Gasteiger partial charge in [0.05, 0.1) is 12.6 Å². The Morgan fingerprint density at radius 2 is 1.67 bits per heavy atom. The minimum atomic E-state index is 0. The number of methoxy groups -OCH3 is 1. The summed E-state index contributed by atoms with van der Waals surface area (Å²) in [5.74, 6) is 1.73. The summed E-state index contributed by atoms with van der Waals surface area (Å²) in [5.41, 5.74) is 1.99. The highest BCUT2D eigenvalue weighted by molar-refractivity contribution is 5.91. The highest BCUT2D eigenvalue weighted by Crippen LogP contribution is 2.28. The number of anilines is 2. The molecule has 0 aliphatic carbocycles. The third-order valence-electron chi connectivity index (χ3n) is 3.30. The van der Waals surface area contributed by atoms with E-state index in [2.05, 4.69) is 9.97 Å². The first-order valence-corrected chi connectivity index (χ1v) is 6.37. The van der Waals surface area contributed by atoms with E-state index >= 15 is 0 Å². The van der Waals surface area contributed by atoms with E-state index in [-0.39, 0.29) is 12.4 Å². The summed E-state index contributed by atoms with van der Waals surface area (Å²) in [4.78, 5) is 10.7. The Balaban J connectivity index is 0.00000161. The summed E-state index contributed by atoms with van der Waals surface area (Å²) < 4.78 is 5.18. The minimum absolute atomic E-state index is 0. The fourth-order valence-corrected chi connectivity index (χ4v) is 2.19. The van der Waals surface area contributed by atoms with Crippen LogP contribution in [0.25, 0.3) is 10.9 Å². The summed E-state index contributed by atoms with van der Waals surface area (Å²) in [6.07, 6.45) is 1.59. The number of hydrogen-bond donors (Lipinski definition) is 0. The molecule has 21 heavy (non-hydrogen) atoms.